The zero-order valence-electron chi connectivity index (χ0n) is 11.8. The van der Waals surface area contributed by atoms with Gasteiger partial charge in [0.05, 0.1) is 12.3 Å². The number of imidazole rings is 1. The number of nitrogens with zero attached hydrogens (tertiary/aromatic N) is 3. The second kappa shape index (κ2) is 5.97. The Morgan fingerprint density at radius 3 is 2.68 bits per heavy atom. The topological polar surface area (TPSA) is 50.9 Å². The molecule has 0 amide bonds. The number of pyridine rings is 1. The molecule has 2 aromatic rings. The van der Waals surface area contributed by atoms with Gasteiger partial charge in [-0.15, -0.1) is 0 Å². The summed E-state index contributed by atoms with van der Waals surface area (Å²) in [5.74, 6) is 1.35. The molecule has 0 fully saturated rings. The Labute approximate surface area is 114 Å². The maximum Gasteiger partial charge on any atom is 0.138 e. The highest BCUT2D eigenvalue weighted by Crippen LogP contribution is 2.22. The highest BCUT2D eigenvalue weighted by molar-refractivity contribution is 5.36. The van der Waals surface area contributed by atoms with Crippen LogP contribution in [0.15, 0.2) is 24.8 Å². The second-order valence-electron chi connectivity index (χ2n) is 5.08. The summed E-state index contributed by atoms with van der Waals surface area (Å²) in [6.07, 6.45) is 7.65. The van der Waals surface area contributed by atoms with Crippen LogP contribution in [0.1, 0.15) is 49.9 Å². The van der Waals surface area contributed by atoms with Crippen molar-refractivity contribution in [2.24, 2.45) is 0 Å². The fraction of sp³-hybridized carbons (Fsp3) is 0.467. The zero-order chi connectivity index (χ0) is 13.8. The van der Waals surface area contributed by atoms with E-state index < -0.39 is 0 Å². The highest BCUT2D eigenvalue weighted by Gasteiger charge is 2.09. The Balaban J connectivity index is 2.39. The fourth-order valence-electron chi connectivity index (χ4n) is 2.21. The Morgan fingerprint density at radius 2 is 2.11 bits per heavy atom. The van der Waals surface area contributed by atoms with Crippen LogP contribution in [0.4, 0.5) is 0 Å². The maximum absolute atomic E-state index is 9.06. The molecule has 0 aliphatic carbocycles. The molecule has 0 unspecified atom stereocenters. The molecule has 4 nitrogen and oxygen atoms in total. The van der Waals surface area contributed by atoms with E-state index in [2.05, 4.69) is 36.8 Å². The van der Waals surface area contributed by atoms with Gasteiger partial charge in [0.25, 0.3) is 0 Å². The van der Waals surface area contributed by atoms with Gasteiger partial charge in [-0.3, -0.25) is 4.57 Å². The smallest absolute Gasteiger partial charge is 0.138 e. The third kappa shape index (κ3) is 3.01. The van der Waals surface area contributed by atoms with Crippen LogP contribution in [0, 0.1) is 0 Å². The fourth-order valence-corrected chi connectivity index (χ4v) is 2.21. The van der Waals surface area contributed by atoms with Crippen LogP contribution in [0.3, 0.4) is 0 Å². The number of aromatic nitrogens is 3. The van der Waals surface area contributed by atoms with Gasteiger partial charge in [0.15, 0.2) is 0 Å². The summed E-state index contributed by atoms with van der Waals surface area (Å²) in [4.78, 5) is 8.62. The van der Waals surface area contributed by atoms with Crippen molar-refractivity contribution in [1.82, 2.24) is 14.5 Å². The average molecular weight is 259 g/mol. The summed E-state index contributed by atoms with van der Waals surface area (Å²) in [7, 11) is 0. The normalized spacial score (nSPS) is 11.2. The summed E-state index contributed by atoms with van der Waals surface area (Å²) < 4.78 is 1.86. The van der Waals surface area contributed by atoms with Gasteiger partial charge in [-0.2, -0.15) is 0 Å². The van der Waals surface area contributed by atoms with Crippen molar-refractivity contribution in [2.45, 2.75) is 46.1 Å². The SMILES string of the molecule is CCCc1cc(-n2cnc(CO)c2)ncc1C(C)C. The van der Waals surface area contributed by atoms with Gasteiger partial charge in [0.2, 0.25) is 0 Å². The molecule has 0 bridgehead atoms. The predicted octanol–water partition coefficient (Wildman–Crippen LogP) is 2.84. The minimum Gasteiger partial charge on any atom is -0.390 e. The minimum atomic E-state index is -0.0428. The zero-order valence-corrected chi connectivity index (χ0v) is 11.8. The summed E-state index contributed by atoms with van der Waals surface area (Å²) in [6.45, 7) is 6.53. The van der Waals surface area contributed by atoms with E-state index in [9.17, 15) is 0 Å². The number of hydrogen-bond acceptors (Lipinski definition) is 3. The van der Waals surface area contributed by atoms with Gasteiger partial charge in [-0.25, -0.2) is 9.97 Å². The molecule has 0 aliphatic heterocycles. The Hall–Kier alpha value is -1.68. The molecule has 0 radical (unpaired) electrons. The maximum atomic E-state index is 9.06. The molecule has 2 aromatic heterocycles. The minimum absolute atomic E-state index is 0.0428. The summed E-state index contributed by atoms with van der Waals surface area (Å²) in [5.41, 5.74) is 3.32. The number of aryl methyl sites for hydroxylation is 1. The van der Waals surface area contributed by atoms with E-state index in [4.69, 9.17) is 5.11 Å². The third-order valence-electron chi connectivity index (χ3n) is 3.21. The van der Waals surface area contributed by atoms with E-state index in [1.54, 1.807) is 6.33 Å². The summed E-state index contributed by atoms with van der Waals surface area (Å²) in [6, 6.07) is 2.13. The second-order valence-corrected chi connectivity index (χ2v) is 5.08. The van der Waals surface area contributed by atoms with Crippen LogP contribution in [-0.4, -0.2) is 19.6 Å². The van der Waals surface area contributed by atoms with Crippen LogP contribution in [-0.2, 0) is 13.0 Å². The van der Waals surface area contributed by atoms with Crippen molar-refractivity contribution >= 4 is 0 Å². The molecule has 2 rings (SSSR count). The number of aliphatic hydroxyl groups excluding tert-OH is 1. The number of aliphatic hydroxyl groups is 1. The first-order chi connectivity index (χ1) is 9.15. The van der Waals surface area contributed by atoms with E-state index in [1.807, 2.05) is 17.0 Å². The van der Waals surface area contributed by atoms with E-state index >= 15 is 0 Å². The van der Waals surface area contributed by atoms with E-state index in [1.165, 1.54) is 11.1 Å². The first-order valence-electron chi connectivity index (χ1n) is 6.78. The third-order valence-corrected chi connectivity index (χ3v) is 3.21. The van der Waals surface area contributed by atoms with Gasteiger partial charge in [0, 0.05) is 12.4 Å². The molecular formula is C15H21N3O. The van der Waals surface area contributed by atoms with Crippen LogP contribution in [0.5, 0.6) is 0 Å². The quantitative estimate of drug-likeness (QED) is 0.898. The van der Waals surface area contributed by atoms with Gasteiger partial charge in [0.1, 0.15) is 12.1 Å². The molecule has 0 saturated carbocycles. The van der Waals surface area contributed by atoms with E-state index in [0.717, 1.165) is 18.7 Å². The molecule has 2 heterocycles. The first kappa shape index (κ1) is 13.7. The van der Waals surface area contributed by atoms with Gasteiger partial charge < -0.3 is 5.11 Å². The molecule has 19 heavy (non-hydrogen) atoms. The van der Waals surface area contributed by atoms with Crippen molar-refractivity contribution in [3.8, 4) is 5.82 Å². The van der Waals surface area contributed by atoms with Gasteiger partial charge >= 0.3 is 0 Å². The van der Waals surface area contributed by atoms with Crippen molar-refractivity contribution in [3.63, 3.8) is 0 Å². The number of rotatable bonds is 5. The van der Waals surface area contributed by atoms with Crippen molar-refractivity contribution < 1.29 is 5.11 Å². The Bertz CT molecular complexity index is 546. The lowest BCUT2D eigenvalue weighted by Gasteiger charge is -2.13. The Kier molecular flexibility index (Phi) is 4.32. The van der Waals surface area contributed by atoms with Crippen molar-refractivity contribution in [1.29, 1.82) is 0 Å². The first-order valence-corrected chi connectivity index (χ1v) is 6.78. The molecular weight excluding hydrogens is 238 g/mol. The monoisotopic (exact) mass is 259 g/mol. The van der Waals surface area contributed by atoms with E-state index in [0.29, 0.717) is 11.6 Å². The van der Waals surface area contributed by atoms with Crippen LogP contribution < -0.4 is 0 Å². The highest BCUT2D eigenvalue weighted by atomic mass is 16.3. The van der Waals surface area contributed by atoms with Crippen LogP contribution >= 0.6 is 0 Å². The molecule has 0 atom stereocenters. The number of hydrogen-bond donors (Lipinski definition) is 1. The van der Waals surface area contributed by atoms with Crippen molar-refractivity contribution in [2.75, 3.05) is 0 Å². The summed E-state index contributed by atoms with van der Waals surface area (Å²) in [5, 5.41) is 9.06. The van der Waals surface area contributed by atoms with Crippen molar-refractivity contribution in [3.05, 3.63) is 41.6 Å². The average Bonchev–Trinajstić information content (AvgIpc) is 2.87. The lowest BCUT2D eigenvalue weighted by atomic mass is 9.97. The lowest BCUT2D eigenvalue weighted by Crippen LogP contribution is -2.02. The van der Waals surface area contributed by atoms with Crippen LogP contribution in [0.2, 0.25) is 0 Å². The standard InChI is InChI=1S/C15H21N3O/c1-4-5-12-6-15(16-7-14(12)11(2)3)18-8-13(9-19)17-10-18/h6-8,10-11,19H,4-5,9H2,1-3H3. The summed E-state index contributed by atoms with van der Waals surface area (Å²) >= 11 is 0. The molecule has 0 spiro atoms. The molecule has 0 aromatic carbocycles. The molecule has 102 valence electrons. The molecule has 0 aliphatic rings. The molecule has 0 saturated heterocycles. The lowest BCUT2D eigenvalue weighted by molar-refractivity contribution is 0.277. The predicted molar refractivity (Wildman–Crippen MR) is 75.4 cm³/mol. The Morgan fingerprint density at radius 1 is 1.32 bits per heavy atom. The van der Waals surface area contributed by atoms with Gasteiger partial charge in [-0.1, -0.05) is 27.2 Å². The van der Waals surface area contributed by atoms with Crippen LogP contribution in [0.25, 0.3) is 5.82 Å². The molecule has 4 heteroatoms. The van der Waals surface area contributed by atoms with E-state index in [-0.39, 0.29) is 6.61 Å². The largest absolute Gasteiger partial charge is 0.390 e. The van der Waals surface area contributed by atoms with Gasteiger partial charge in [-0.05, 0) is 29.5 Å². The molecule has 1 N–H and O–H groups in total.